The first-order chi connectivity index (χ1) is 7.28. The van der Waals surface area contributed by atoms with Gasteiger partial charge >= 0.3 is 0 Å². The van der Waals surface area contributed by atoms with Crippen molar-refractivity contribution >= 4 is 0 Å². The summed E-state index contributed by atoms with van der Waals surface area (Å²) in [4.78, 5) is 0. The summed E-state index contributed by atoms with van der Waals surface area (Å²) < 4.78 is 0. The highest BCUT2D eigenvalue weighted by Gasteiger charge is 2.65. The summed E-state index contributed by atoms with van der Waals surface area (Å²) in [7, 11) is 0. The van der Waals surface area contributed by atoms with Crippen molar-refractivity contribution in [3.05, 3.63) is 0 Å². The minimum Gasteiger partial charge on any atom is -0.389 e. The van der Waals surface area contributed by atoms with E-state index in [0.29, 0.717) is 5.92 Å². The molecular formula is C15H26O. The molecule has 4 bridgehead atoms. The molecule has 0 amide bonds. The fourth-order valence-corrected chi connectivity index (χ4v) is 5.21. The van der Waals surface area contributed by atoms with Crippen LogP contribution < -0.4 is 0 Å². The fourth-order valence-electron chi connectivity index (χ4n) is 5.21. The summed E-state index contributed by atoms with van der Waals surface area (Å²) in [5.74, 6) is 2.22. The quantitative estimate of drug-likeness (QED) is 0.664. The van der Waals surface area contributed by atoms with Crippen LogP contribution >= 0.6 is 0 Å². The molecule has 4 unspecified atom stereocenters. The summed E-state index contributed by atoms with van der Waals surface area (Å²) in [6, 6.07) is 0. The first-order valence-corrected chi connectivity index (χ1v) is 7.00. The molecule has 4 aliphatic rings. The van der Waals surface area contributed by atoms with Crippen molar-refractivity contribution in [2.24, 2.45) is 28.6 Å². The van der Waals surface area contributed by atoms with Crippen LogP contribution in [0.4, 0.5) is 0 Å². The fraction of sp³-hybridized carbons (Fsp3) is 1.00. The molecule has 4 atom stereocenters. The lowest BCUT2D eigenvalue weighted by Gasteiger charge is -2.68. The molecule has 4 rings (SSSR count). The van der Waals surface area contributed by atoms with Gasteiger partial charge in [0.15, 0.2) is 0 Å². The van der Waals surface area contributed by atoms with E-state index in [-0.39, 0.29) is 16.4 Å². The van der Waals surface area contributed by atoms with E-state index in [0.717, 1.165) is 18.3 Å². The minimum absolute atomic E-state index is 0.0697. The van der Waals surface area contributed by atoms with Crippen LogP contribution in [0.3, 0.4) is 0 Å². The van der Waals surface area contributed by atoms with Crippen LogP contribution in [0.5, 0.6) is 0 Å². The zero-order chi connectivity index (χ0) is 11.8. The number of aliphatic hydroxyl groups is 1. The van der Waals surface area contributed by atoms with Crippen molar-refractivity contribution in [2.45, 2.75) is 65.4 Å². The van der Waals surface area contributed by atoms with E-state index in [4.69, 9.17) is 0 Å². The van der Waals surface area contributed by atoms with Gasteiger partial charge in [-0.05, 0) is 60.7 Å². The zero-order valence-corrected chi connectivity index (χ0v) is 11.2. The first-order valence-electron chi connectivity index (χ1n) is 7.00. The Morgan fingerprint density at radius 2 is 1.69 bits per heavy atom. The Hall–Kier alpha value is -0.0400. The molecule has 0 spiro atoms. The average Bonchev–Trinajstić information content (AvgIpc) is 2.15. The molecule has 92 valence electrons. The van der Waals surface area contributed by atoms with E-state index in [1.165, 1.54) is 25.7 Å². The van der Waals surface area contributed by atoms with E-state index >= 15 is 0 Å². The smallest absolute Gasteiger partial charge is 0.0736 e. The summed E-state index contributed by atoms with van der Waals surface area (Å²) in [6.07, 6.45) is 6.45. The summed E-state index contributed by atoms with van der Waals surface area (Å²) >= 11 is 0. The van der Waals surface area contributed by atoms with Crippen LogP contribution in [-0.2, 0) is 0 Å². The van der Waals surface area contributed by atoms with Gasteiger partial charge in [0.2, 0.25) is 0 Å². The topological polar surface area (TPSA) is 20.2 Å². The lowest BCUT2D eigenvalue weighted by Crippen LogP contribution is -2.67. The molecule has 4 saturated carbocycles. The maximum Gasteiger partial charge on any atom is 0.0736 e. The Labute approximate surface area is 99.6 Å². The van der Waals surface area contributed by atoms with Gasteiger partial charge in [-0.15, -0.1) is 0 Å². The minimum atomic E-state index is -0.374. The summed E-state index contributed by atoms with van der Waals surface area (Å²) in [6.45, 7) is 9.35. The Kier molecular flexibility index (Phi) is 1.98. The molecule has 1 N–H and O–H groups in total. The van der Waals surface area contributed by atoms with E-state index in [1.807, 2.05) is 0 Å². The van der Waals surface area contributed by atoms with Crippen LogP contribution in [0.25, 0.3) is 0 Å². The van der Waals surface area contributed by atoms with Crippen LogP contribution in [-0.4, -0.2) is 10.7 Å². The SMILES string of the molecule is CC1(C)CC2CC3CCC2C(O)(C3)C1(C)C. The molecule has 1 nitrogen and oxygen atoms in total. The summed E-state index contributed by atoms with van der Waals surface area (Å²) in [5, 5.41) is 11.3. The number of rotatable bonds is 0. The lowest BCUT2D eigenvalue weighted by molar-refractivity contribution is -0.259. The predicted octanol–water partition coefficient (Wildman–Crippen LogP) is 3.61. The van der Waals surface area contributed by atoms with Gasteiger partial charge in [-0.2, -0.15) is 0 Å². The third-order valence-electron chi connectivity index (χ3n) is 6.85. The maximum absolute atomic E-state index is 11.3. The molecule has 0 saturated heterocycles. The monoisotopic (exact) mass is 222 g/mol. The van der Waals surface area contributed by atoms with Crippen molar-refractivity contribution < 1.29 is 5.11 Å². The molecule has 0 aromatic carbocycles. The van der Waals surface area contributed by atoms with Crippen molar-refractivity contribution in [3.8, 4) is 0 Å². The highest BCUT2D eigenvalue weighted by Crippen LogP contribution is 2.67. The molecular weight excluding hydrogens is 196 g/mol. The van der Waals surface area contributed by atoms with E-state index in [9.17, 15) is 5.11 Å². The van der Waals surface area contributed by atoms with Gasteiger partial charge < -0.3 is 5.11 Å². The molecule has 0 radical (unpaired) electrons. The third-order valence-corrected chi connectivity index (χ3v) is 6.85. The number of hydrogen-bond acceptors (Lipinski definition) is 1. The molecule has 0 heterocycles. The van der Waals surface area contributed by atoms with Crippen LogP contribution in [0, 0.1) is 28.6 Å². The molecule has 4 fully saturated rings. The standard InChI is InChI=1S/C15H26O/c1-13(2)9-11-7-10-5-6-12(11)15(16,8-10)14(13,3)4/h10-12,16H,5-9H2,1-4H3. The van der Waals surface area contributed by atoms with Crippen molar-refractivity contribution in [1.82, 2.24) is 0 Å². The Morgan fingerprint density at radius 1 is 1.00 bits per heavy atom. The second kappa shape index (κ2) is 2.85. The van der Waals surface area contributed by atoms with Crippen LogP contribution in [0.1, 0.15) is 59.8 Å². The van der Waals surface area contributed by atoms with Crippen molar-refractivity contribution in [2.75, 3.05) is 0 Å². The molecule has 4 aliphatic carbocycles. The largest absolute Gasteiger partial charge is 0.389 e. The molecule has 0 aromatic rings. The third kappa shape index (κ3) is 1.06. The predicted molar refractivity (Wildman–Crippen MR) is 66.1 cm³/mol. The Bertz CT molecular complexity index is 317. The van der Waals surface area contributed by atoms with Gasteiger partial charge in [-0.1, -0.05) is 27.7 Å². The highest BCUT2D eigenvalue weighted by molar-refractivity contribution is 5.15. The van der Waals surface area contributed by atoms with Gasteiger partial charge in [0, 0.05) is 0 Å². The average molecular weight is 222 g/mol. The van der Waals surface area contributed by atoms with Gasteiger partial charge in [0.25, 0.3) is 0 Å². The Morgan fingerprint density at radius 3 is 2.31 bits per heavy atom. The second-order valence-corrected chi connectivity index (χ2v) is 7.89. The van der Waals surface area contributed by atoms with Crippen molar-refractivity contribution in [3.63, 3.8) is 0 Å². The van der Waals surface area contributed by atoms with Gasteiger partial charge in [-0.3, -0.25) is 0 Å². The second-order valence-electron chi connectivity index (χ2n) is 7.89. The number of fused-ring (bicyclic) bond motifs is 1. The van der Waals surface area contributed by atoms with Gasteiger partial charge in [-0.25, -0.2) is 0 Å². The molecule has 0 aromatic heterocycles. The molecule has 1 heteroatoms. The normalized spacial score (nSPS) is 52.7. The van der Waals surface area contributed by atoms with Crippen LogP contribution in [0.15, 0.2) is 0 Å². The van der Waals surface area contributed by atoms with E-state index < -0.39 is 0 Å². The maximum atomic E-state index is 11.3. The molecule has 16 heavy (non-hydrogen) atoms. The summed E-state index contributed by atoms with van der Waals surface area (Å²) in [5.41, 5.74) is -0.0218. The van der Waals surface area contributed by atoms with E-state index in [2.05, 4.69) is 27.7 Å². The van der Waals surface area contributed by atoms with Gasteiger partial charge in [0.05, 0.1) is 5.60 Å². The molecule has 0 aliphatic heterocycles. The lowest BCUT2D eigenvalue weighted by atomic mass is 9.39. The highest BCUT2D eigenvalue weighted by atomic mass is 16.3. The van der Waals surface area contributed by atoms with Crippen LogP contribution in [0.2, 0.25) is 0 Å². The van der Waals surface area contributed by atoms with E-state index in [1.54, 1.807) is 0 Å². The van der Waals surface area contributed by atoms with Crippen molar-refractivity contribution in [1.29, 1.82) is 0 Å². The van der Waals surface area contributed by atoms with Gasteiger partial charge in [0.1, 0.15) is 0 Å². The zero-order valence-electron chi connectivity index (χ0n) is 11.2. The number of hydrogen-bond donors (Lipinski definition) is 1. The Balaban J connectivity index is 2.08. The first kappa shape index (κ1) is 11.1.